The van der Waals surface area contributed by atoms with E-state index in [1.807, 2.05) is 24.4 Å². The maximum Gasteiger partial charge on any atom is 0.140 e. The molecule has 0 aromatic carbocycles. The van der Waals surface area contributed by atoms with E-state index >= 15 is 0 Å². The molecule has 5 heteroatoms. The molecule has 0 spiro atoms. The van der Waals surface area contributed by atoms with Crippen LogP contribution in [0.1, 0.15) is 0 Å². The fourth-order valence-corrected chi connectivity index (χ4v) is 3.66. The van der Waals surface area contributed by atoms with Crippen LogP contribution in [0.15, 0.2) is 39.6 Å². The van der Waals surface area contributed by atoms with Gasteiger partial charge in [-0.25, -0.2) is 4.98 Å². The Labute approximate surface area is 109 Å². The minimum Gasteiger partial charge on any atom is -0.359 e. The normalized spacial score (nSPS) is 10.8. The van der Waals surface area contributed by atoms with Crippen LogP contribution in [0, 0.1) is 0 Å². The van der Waals surface area contributed by atoms with Gasteiger partial charge in [0.25, 0.3) is 0 Å². The second-order valence-electron chi connectivity index (χ2n) is 3.23. The lowest BCUT2D eigenvalue weighted by Gasteiger charge is -1.89. The Bertz CT molecular complexity index is 595. The van der Waals surface area contributed by atoms with Crippen molar-refractivity contribution < 1.29 is 0 Å². The third kappa shape index (κ3) is 1.86. The molecule has 0 aliphatic heterocycles. The molecule has 0 fully saturated rings. The van der Waals surface area contributed by atoms with Crippen LogP contribution >= 0.6 is 38.6 Å². The molecule has 0 amide bonds. The standard InChI is InChI=1S/C11H7BrN2S2/c12-10-4-3-9(16-10)8-6-15-11(14-8)7-2-1-5-13-7/h1-6,13H. The summed E-state index contributed by atoms with van der Waals surface area (Å²) < 4.78 is 1.14. The Balaban J connectivity index is 2.00. The van der Waals surface area contributed by atoms with Crippen LogP contribution < -0.4 is 0 Å². The summed E-state index contributed by atoms with van der Waals surface area (Å²) in [6.45, 7) is 0. The Morgan fingerprint density at radius 1 is 1.25 bits per heavy atom. The molecule has 80 valence electrons. The lowest BCUT2D eigenvalue weighted by Crippen LogP contribution is -1.75. The van der Waals surface area contributed by atoms with Crippen molar-refractivity contribution in [3.05, 3.63) is 39.6 Å². The van der Waals surface area contributed by atoms with Gasteiger partial charge in [0.2, 0.25) is 0 Å². The molecule has 0 saturated carbocycles. The van der Waals surface area contributed by atoms with Gasteiger partial charge in [-0.05, 0) is 40.2 Å². The van der Waals surface area contributed by atoms with Crippen molar-refractivity contribution in [2.75, 3.05) is 0 Å². The summed E-state index contributed by atoms with van der Waals surface area (Å²) in [5, 5.41) is 3.12. The van der Waals surface area contributed by atoms with Crippen molar-refractivity contribution in [1.82, 2.24) is 9.97 Å². The lowest BCUT2D eigenvalue weighted by atomic mass is 10.4. The first-order valence-corrected chi connectivity index (χ1v) is 7.17. The largest absolute Gasteiger partial charge is 0.359 e. The summed E-state index contributed by atoms with van der Waals surface area (Å²) in [5.41, 5.74) is 2.12. The van der Waals surface area contributed by atoms with E-state index in [9.17, 15) is 0 Å². The second kappa shape index (κ2) is 4.16. The summed E-state index contributed by atoms with van der Waals surface area (Å²) in [5.74, 6) is 0. The highest BCUT2D eigenvalue weighted by atomic mass is 79.9. The number of hydrogen-bond acceptors (Lipinski definition) is 3. The quantitative estimate of drug-likeness (QED) is 0.734. The first-order valence-electron chi connectivity index (χ1n) is 4.68. The second-order valence-corrected chi connectivity index (χ2v) is 6.55. The van der Waals surface area contributed by atoms with Gasteiger partial charge in [0.15, 0.2) is 0 Å². The third-order valence-electron chi connectivity index (χ3n) is 2.16. The Morgan fingerprint density at radius 2 is 2.19 bits per heavy atom. The number of nitrogens with zero attached hydrogens (tertiary/aromatic N) is 1. The number of aromatic nitrogens is 2. The molecule has 0 bridgehead atoms. The van der Waals surface area contributed by atoms with Gasteiger partial charge in [0.05, 0.1) is 20.1 Å². The van der Waals surface area contributed by atoms with E-state index in [0.29, 0.717) is 0 Å². The number of thiophene rings is 1. The molecule has 0 atom stereocenters. The maximum atomic E-state index is 4.61. The predicted molar refractivity (Wildman–Crippen MR) is 72.9 cm³/mol. The number of H-pyrrole nitrogens is 1. The van der Waals surface area contributed by atoms with Crippen LogP contribution in [-0.2, 0) is 0 Å². The monoisotopic (exact) mass is 310 g/mol. The van der Waals surface area contributed by atoms with E-state index in [2.05, 4.69) is 37.3 Å². The number of rotatable bonds is 2. The first-order chi connectivity index (χ1) is 7.83. The van der Waals surface area contributed by atoms with E-state index in [0.717, 1.165) is 20.2 Å². The topological polar surface area (TPSA) is 28.7 Å². The number of hydrogen-bond donors (Lipinski definition) is 1. The molecule has 0 radical (unpaired) electrons. The summed E-state index contributed by atoms with van der Waals surface area (Å²) in [6, 6.07) is 8.15. The van der Waals surface area contributed by atoms with Gasteiger partial charge in [0, 0.05) is 11.6 Å². The van der Waals surface area contributed by atoms with Gasteiger partial charge < -0.3 is 4.98 Å². The molecule has 1 N–H and O–H groups in total. The van der Waals surface area contributed by atoms with Crippen LogP contribution in [0.3, 0.4) is 0 Å². The maximum absolute atomic E-state index is 4.61. The minimum atomic E-state index is 1.03. The summed E-state index contributed by atoms with van der Waals surface area (Å²) in [7, 11) is 0. The highest BCUT2D eigenvalue weighted by Crippen LogP contribution is 2.33. The van der Waals surface area contributed by atoms with E-state index in [-0.39, 0.29) is 0 Å². The number of nitrogens with one attached hydrogen (secondary N) is 1. The molecule has 2 nitrogen and oxygen atoms in total. The van der Waals surface area contributed by atoms with Crippen LogP contribution in [0.25, 0.3) is 21.3 Å². The van der Waals surface area contributed by atoms with Gasteiger partial charge in [-0.15, -0.1) is 22.7 Å². The zero-order chi connectivity index (χ0) is 11.0. The van der Waals surface area contributed by atoms with Crippen molar-refractivity contribution in [2.45, 2.75) is 0 Å². The Morgan fingerprint density at radius 3 is 2.88 bits per heavy atom. The van der Waals surface area contributed by atoms with Gasteiger partial charge in [-0.3, -0.25) is 0 Å². The number of aromatic amines is 1. The average molecular weight is 311 g/mol. The van der Waals surface area contributed by atoms with Gasteiger partial charge in [-0.2, -0.15) is 0 Å². The molecule has 16 heavy (non-hydrogen) atoms. The number of thiazole rings is 1. The van der Waals surface area contributed by atoms with E-state index in [4.69, 9.17) is 0 Å². The smallest absolute Gasteiger partial charge is 0.140 e. The van der Waals surface area contributed by atoms with Crippen molar-refractivity contribution >= 4 is 38.6 Å². The molecule has 0 unspecified atom stereocenters. The van der Waals surface area contributed by atoms with Crippen LogP contribution in [0.2, 0.25) is 0 Å². The average Bonchev–Trinajstić information content (AvgIpc) is 2.97. The molecule has 3 heterocycles. The molecule has 3 aromatic heterocycles. The summed E-state index contributed by atoms with van der Waals surface area (Å²) >= 11 is 6.83. The van der Waals surface area contributed by atoms with Crippen molar-refractivity contribution in [3.63, 3.8) is 0 Å². The predicted octanol–water partition coefficient (Wildman–Crippen LogP) is 4.63. The third-order valence-corrected chi connectivity index (χ3v) is 4.68. The molecule has 3 rings (SSSR count). The molecular formula is C11H7BrN2S2. The van der Waals surface area contributed by atoms with E-state index in [1.54, 1.807) is 22.7 Å². The lowest BCUT2D eigenvalue weighted by molar-refractivity contribution is 1.35. The summed E-state index contributed by atoms with van der Waals surface area (Å²) in [4.78, 5) is 8.97. The van der Waals surface area contributed by atoms with Gasteiger partial charge >= 0.3 is 0 Å². The van der Waals surface area contributed by atoms with Crippen LogP contribution in [0.4, 0.5) is 0 Å². The molecular weight excluding hydrogens is 304 g/mol. The Kier molecular flexibility index (Phi) is 2.67. The van der Waals surface area contributed by atoms with Crippen LogP contribution in [0.5, 0.6) is 0 Å². The van der Waals surface area contributed by atoms with Crippen molar-refractivity contribution in [3.8, 4) is 21.3 Å². The van der Waals surface area contributed by atoms with Crippen molar-refractivity contribution in [1.29, 1.82) is 0 Å². The zero-order valence-corrected chi connectivity index (χ0v) is 11.3. The molecule has 0 saturated heterocycles. The number of halogens is 1. The van der Waals surface area contributed by atoms with E-state index < -0.39 is 0 Å². The van der Waals surface area contributed by atoms with Gasteiger partial charge in [0.1, 0.15) is 5.01 Å². The molecule has 0 aliphatic carbocycles. The Hall–Kier alpha value is -0.910. The van der Waals surface area contributed by atoms with Crippen molar-refractivity contribution in [2.24, 2.45) is 0 Å². The minimum absolute atomic E-state index is 1.03. The fourth-order valence-electron chi connectivity index (χ4n) is 1.43. The fraction of sp³-hybridized carbons (Fsp3) is 0. The summed E-state index contributed by atoms with van der Waals surface area (Å²) in [6.07, 6.45) is 1.91. The highest BCUT2D eigenvalue weighted by molar-refractivity contribution is 9.11. The molecule has 3 aromatic rings. The van der Waals surface area contributed by atoms with E-state index in [1.165, 1.54) is 4.88 Å². The van der Waals surface area contributed by atoms with Gasteiger partial charge in [-0.1, -0.05) is 0 Å². The first kappa shape index (κ1) is 10.3. The highest BCUT2D eigenvalue weighted by Gasteiger charge is 2.08. The van der Waals surface area contributed by atoms with Crippen LogP contribution in [-0.4, -0.2) is 9.97 Å². The molecule has 0 aliphatic rings. The SMILES string of the molecule is Brc1ccc(-c2csc(-c3ccc[nH]3)n2)s1. The zero-order valence-electron chi connectivity index (χ0n) is 8.11.